The molecule has 0 spiro atoms. The number of alkyl halides is 13. The molecule has 16 heteroatoms. The first kappa shape index (κ1) is 25.8. The van der Waals surface area contributed by atoms with Crippen LogP contribution in [0.4, 0.5) is 57.1 Å². The second kappa shape index (κ2) is 6.73. The Bertz CT molecular complexity index is 454. The van der Waals surface area contributed by atoms with E-state index in [1.165, 1.54) is 0 Å². The van der Waals surface area contributed by atoms with E-state index in [2.05, 4.69) is 0 Å². The number of hydrogen-bond acceptors (Lipinski definition) is 2. The van der Waals surface area contributed by atoms with Crippen LogP contribution >= 0.6 is 0 Å². The molecule has 0 atom stereocenters. The van der Waals surface area contributed by atoms with E-state index >= 15 is 0 Å². The van der Waals surface area contributed by atoms with E-state index in [1.807, 2.05) is 0 Å². The molecule has 23 heavy (non-hydrogen) atoms. The SMILES string of the molecule is O=C([O-])C(F)(F)C(F)(F)C(F)(F)C(F)(F)C(F)(F)C(F)(F)F.[Cs+]. The van der Waals surface area contributed by atoms with Gasteiger partial charge in [-0.2, -0.15) is 57.1 Å². The fraction of sp³-hybridized carbons (Fsp3) is 0.857. The Kier molecular flexibility index (Phi) is 7.56. The first-order chi connectivity index (χ1) is 9.19. The van der Waals surface area contributed by atoms with Crippen LogP contribution in [0, 0.1) is 0 Å². The molecule has 0 saturated heterocycles. The zero-order chi connectivity index (χ0) is 18.6. The number of carboxylic acids is 1. The van der Waals surface area contributed by atoms with E-state index < -0.39 is 41.8 Å². The molecule has 0 aromatic heterocycles. The molecular formula is C7CsF13O2. The maximum absolute atomic E-state index is 12.6. The molecular weight excluding hydrogens is 496 g/mol. The number of carboxylic acid groups (broad SMARTS) is 1. The average molecular weight is 496 g/mol. The summed E-state index contributed by atoms with van der Waals surface area (Å²) < 4.78 is 159. The summed E-state index contributed by atoms with van der Waals surface area (Å²) in [5, 5.41) is 9.56. The van der Waals surface area contributed by atoms with Gasteiger partial charge in [-0.25, -0.2) is 0 Å². The number of aliphatic carboxylic acids is 1. The van der Waals surface area contributed by atoms with Gasteiger partial charge in [-0.05, 0) is 0 Å². The Morgan fingerprint density at radius 3 is 1.04 bits per heavy atom. The number of carbonyl (C=O) groups excluding carboxylic acids is 1. The van der Waals surface area contributed by atoms with Crippen molar-refractivity contribution in [3.8, 4) is 0 Å². The first-order valence-electron chi connectivity index (χ1n) is 4.37. The summed E-state index contributed by atoms with van der Waals surface area (Å²) in [5.74, 6) is -43.5. The summed E-state index contributed by atoms with van der Waals surface area (Å²) in [7, 11) is 0. The van der Waals surface area contributed by atoms with Crippen LogP contribution in [0.3, 0.4) is 0 Å². The molecule has 0 amide bonds. The van der Waals surface area contributed by atoms with Crippen LogP contribution in [0.1, 0.15) is 0 Å². The third kappa shape index (κ3) is 3.61. The third-order valence-electron chi connectivity index (χ3n) is 2.19. The van der Waals surface area contributed by atoms with Crippen molar-refractivity contribution >= 4 is 5.97 Å². The topological polar surface area (TPSA) is 40.1 Å². The summed E-state index contributed by atoms with van der Waals surface area (Å²) in [6.07, 6.45) is -7.53. The molecule has 0 radical (unpaired) electrons. The molecule has 0 fully saturated rings. The number of halogens is 13. The van der Waals surface area contributed by atoms with Gasteiger partial charge in [0.25, 0.3) is 0 Å². The minimum Gasteiger partial charge on any atom is -0.544 e. The Hall–Kier alpha value is 0.612. The third-order valence-corrected chi connectivity index (χ3v) is 2.19. The van der Waals surface area contributed by atoms with Crippen molar-refractivity contribution in [2.45, 2.75) is 35.8 Å². The van der Waals surface area contributed by atoms with Crippen LogP contribution in [-0.2, 0) is 4.79 Å². The second-order valence-corrected chi connectivity index (χ2v) is 3.66. The summed E-state index contributed by atoms with van der Waals surface area (Å²) in [5.41, 5.74) is 0. The molecule has 0 N–H and O–H groups in total. The van der Waals surface area contributed by atoms with Gasteiger partial charge in [0.05, 0.1) is 0 Å². The minimum atomic E-state index is -8.11. The molecule has 132 valence electrons. The molecule has 0 bridgehead atoms. The van der Waals surface area contributed by atoms with Gasteiger partial charge in [0, 0.05) is 0 Å². The zero-order valence-corrected chi connectivity index (χ0v) is 16.5. The first-order valence-corrected chi connectivity index (χ1v) is 4.37. The summed E-state index contributed by atoms with van der Waals surface area (Å²) in [6.45, 7) is 0. The number of carbonyl (C=O) groups is 1. The predicted molar refractivity (Wildman–Crippen MR) is 35.8 cm³/mol. The summed E-state index contributed by atoms with van der Waals surface area (Å²) in [6, 6.07) is 0. The van der Waals surface area contributed by atoms with E-state index in [-0.39, 0.29) is 68.9 Å². The van der Waals surface area contributed by atoms with Crippen LogP contribution in [0.15, 0.2) is 0 Å². The predicted octanol–water partition coefficient (Wildman–Crippen LogP) is -0.521. The average Bonchev–Trinajstić information content (AvgIpc) is 2.25. The Labute approximate surface area is 175 Å². The Balaban J connectivity index is 0. The standard InChI is InChI=1S/C7HF13O2.Cs/c8-2(9,1(21)22)3(10,11)4(12,13)5(14,15)6(16,17)7(18,19)20;/h(H,21,22);/q;+1/p-1. The smallest absolute Gasteiger partial charge is 0.544 e. The minimum absolute atomic E-state index is 0. The quantitative estimate of drug-likeness (QED) is 0.482. The maximum Gasteiger partial charge on any atom is 1.00 e. The molecule has 0 saturated carbocycles. The van der Waals surface area contributed by atoms with Gasteiger partial charge in [0.15, 0.2) is 0 Å². The number of hydrogen-bond donors (Lipinski definition) is 0. The fourth-order valence-electron chi connectivity index (χ4n) is 0.898. The largest absolute Gasteiger partial charge is 1.00 e. The summed E-state index contributed by atoms with van der Waals surface area (Å²) in [4.78, 5) is 9.56. The van der Waals surface area contributed by atoms with Crippen LogP contribution in [0.25, 0.3) is 0 Å². The summed E-state index contributed by atoms with van der Waals surface area (Å²) >= 11 is 0. The van der Waals surface area contributed by atoms with Gasteiger partial charge in [-0.3, -0.25) is 0 Å². The van der Waals surface area contributed by atoms with Crippen LogP contribution in [0.2, 0.25) is 0 Å². The van der Waals surface area contributed by atoms with Gasteiger partial charge < -0.3 is 9.90 Å². The second-order valence-electron chi connectivity index (χ2n) is 3.66. The van der Waals surface area contributed by atoms with Crippen LogP contribution < -0.4 is 74.0 Å². The van der Waals surface area contributed by atoms with E-state index in [0.29, 0.717) is 0 Å². The van der Waals surface area contributed by atoms with Crippen molar-refractivity contribution in [2.24, 2.45) is 0 Å². The molecule has 0 aliphatic carbocycles. The maximum atomic E-state index is 12.6. The Morgan fingerprint density at radius 1 is 0.565 bits per heavy atom. The fourth-order valence-corrected chi connectivity index (χ4v) is 0.898. The molecule has 0 aliphatic rings. The van der Waals surface area contributed by atoms with E-state index in [9.17, 15) is 67.0 Å². The molecule has 0 unspecified atom stereocenters. The van der Waals surface area contributed by atoms with Crippen molar-refractivity contribution in [3.63, 3.8) is 0 Å². The van der Waals surface area contributed by atoms with Crippen molar-refractivity contribution in [1.29, 1.82) is 0 Å². The van der Waals surface area contributed by atoms with Crippen molar-refractivity contribution in [3.05, 3.63) is 0 Å². The normalized spacial score (nSPS) is 15.2. The Morgan fingerprint density at radius 2 is 0.826 bits per heavy atom. The van der Waals surface area contributed by atoms with Gasteiger partial charge in [0.2, 0.25) is 0 Å². The molecule has 0 aromatic rings. The number of rotatable bonds is 5. The van der Waals surface area contributed by atoms with E-state index in [4.69, 9.17) is 0 Å². The van der Waals surface area contributed by atoms with Gasteiger partial charge in [-0.15, -0.1) is 0 Å². The van der Waals surface area contributed by atoms with E-state index in [0.717, 1.165) is 0 Å². The van der Waals surface area contributed by atoms with Crippen molar-refractivity contribution < 1.29 is 136 Å². The molecule has 0 aliphatic heterocycles. The molecule has 0 heterocycles. The monoisotopic (exact) mass is 496 g/mol. The van der Waals surface area contributed by atoms with E-state index in [1.54, 1.807) is 0 Å². The molecule has 0 rings (SSSR count). The van der Waals surface area contributed by atoms with Gasteiger partial charge >= 0.3 is 105 Å². The van der Waals surface area contributed by atoms with Gasteiger partial charge in [-0.1, -0.05) is 0 Å². The van der Waals surface area contributed by atoms with Crippen molar-refractivity contribution in [2.75, 3.05) is 0 Å². The zero-order valence-electron chi connectivity index (χ0n) is 10.2. The molecule has 2 nitrogen and oxygen atoms in total. The van der Waals surface area contributed by atoms with Crippen LogP contribution in [-0.4, -0.2) is 41.8 Å². The van der Waals surface area contributed by atoms with Crippen LogP contribution in [0.5, 0.6) is 0 Å². The molecule has 0 aromatic carbocycles. The van der Waals surface area contributed by atoms with Crippen molar-refractivity contribution in [1.82, 2.24) is 0 Å². The van der Waals surface area contributed by atoms with Gasteiger partial charge in [0.1, 0.15) is 5.97 Å².